The number of benzene rings is 1. The molecule has 2 aliphatic rings. The zero-order chi connectivity index (χ0) is 17.2. The van der Waals surface area contributed by atoms with E-state index in [0.717, 1.165) is 11.1 Å². The van der Waals surface area contributed by atoms with Gasteiger partial charge in [0.25, 0.3) is 0 Å². The molecule has 1 heterocycles. The highest BCUT2D eigenvalue weighted by molar-refractivity contribution is 5.98. The Balaban J connectivity index is 2.02. The van der Waals surface area contributed by atoms with Gasteiger partial charge in [0.15, 0.2) is 17.3 Å². The summed E-state index contributed by atoms with van der Waals surface area (Å²) >= 11 is 0. The van der Waals surface area contributed by atoms with Gasteiger partial charge in [-0.05, 0) is 29.7 Å². The summed E-state index contributed by atoms with van der Waals surface area (Å²) in [5.74, 6) is 0.235. The number of carbonyl (C=O) groups is 1. The third kappa shape index (κ3) is 2.99. The predicted molar refractivity (Wildman–Crippen MR) is 87.0 cm³/mol. The van der Waals surface area contributed by atoms with E-state index in [1.165, 1.54) is 7.11 Å². The summed E-state index contributed by atoms with van der Waals surface area (Å²) in [5.41, 5.74) is 2.45. The number of methoxy groups -OCH3 is 3. The Morgan fingerprint density at radius 1 is 1.08 bits per heavy atom. The molecule has 0 aromatic heterocycles. The van der Waals surface area contributed by atoms with E-state index in [1.807, 2.05) is 18.2 Å². The van der Waals surface area contributed by atoms with Gasteiger partial charge in [-0.25, -0.2) is 4.79 Å². The number of allylic oxidation sites excluding steroid dienone is 1. The van der Waals surface area contributed by atoms with E-state index >= 15 is 0 Å². The lowest BCUT2D eigenvalue weighted by Gasteiger charge is -2.33. The number of hydrogen-bond donors (Lipinski definition) is 0. The van der Waals surface area contributed by atoms with Crippen LogP contribution in [0.5, 0.6) is 11.5 Å². The summed E-state index contributed by atoms with van der Waals surface area (Å²) in [6.07, 6.45) is 1.76. The minimum atomic E-state index is -0.691. The van der Waals surface area contributed by atoms with E-state index < -0.39 is 5.79 Å². The highest BCUT2D eigenvalue weighted by Gasteiger charge is 2.43. The summed E-state index contributed by atoms with van der Waals surface area (Å²) in [4.78, 5) is 12.3. The van der Waals surface area contributed by atoms with E-state index in [9.17, 15) is 4.79 Å². The number of rotatable bonds is 4. The quantitative estimate of drug-likeness (QED) is 0.789. The SMILES string of the molecule is COC(=O)C1=C(c2ccc(OC)c(OC)c2)CCC2(C1)OCCO2. The summed E-state index contributed by atoms with van der Waals surface area (Å²) in [7, 11) is 4.57. The molecular formula is C18H22O6. The molecule has 1 aliphatic heterocycles. The second-order valence-corrected chi connectivity index (χ2v) is 5.80. The van der Waals surface area contributed by atoms with Crippen LogP contribution in [0.15, 0.2) is 23.8 Å². The maximum Gasteiger partial charge on any atom is 0.334 e. The first kappa shape index (κ1) is 16.8. The Morgan fingerprint density at radius 2 is 1.79 bits per heavy atom. The summed E-state index contributed by atoms with van der Waals surface area (Å²) in [5, 5.41) is 0. The maximum atomic E-state index is 12.3. The normalized spacial score (nSPS) is 19.5. The Bertz CT molecular complexity index is 657. The third-order valence-corrected chi connectivity index (χ3v) is 4.54. The van der Waals surface area contributed by atoms with Crippen LogP contribution in [-0.2, 0) is 19.0 Å². The molecule has 0 amide bonds. The first-order valence-corrected chi connectivity index (χ1v) is 7.93. The number of esters is 1. The first-order chi connectivity index (χ1) is 11.6. The molecular weight excluding hydrogens is 312 g/mol. The van der Waals surface area contributed by atoms with Gasteiger partial charge in [-0.2, -0.15) is 0 Å². The van der Waals surface area contributed by atoms with Gasteiger partial charge < -0.3 is 23.7 Å². The minimum absolute atomic E-state index is 0.349. The fourth-order valence-electron chi connectivity index (χ4n) is 3.34. The van der Waals surface area contributed by atoms with Crippen molar-refractivity contribution in [3.63, 3.8) is 0 Å². The lowest BCUT2D eigenvalue weighted by Crippen LogP contribution is -2.35. The van der Waals surface area contributed by atoms with Crippen molar-refractivity contribution < 1.29 is 28.5 Å². The Hall–Kier alpha value is -2.05. The number of hydrogen-bond acceptors (Lipinski definition) is 6. The van der Waals surface area contributed by atoms with Crippen LogP contribution in [0.1, 0.15) is 24.8 Å². The molecule has 130 valence electrons. The molecule has 1 spiro atoms. The molecule has 0 N–H and O–H groups in total. The van der Waals surface area contributed by atoms with Crippen LogP contribution in [-0.4, -0.2) is 46.3 Å². The minimum Gasteiger partial charge on any atom is -0.493 e. The molecule has 6 nitrogen and oxygen atoms in total. The molecule has 1 aromatic carbocycles. The molecule has 3 rings (SSSR count). The van der Waals surface area contributed by atoms with Crippen molar-refractivity contribution in [1.29, 1.82) is 0 Å². The summed E-state index contributed by atoms with van der Waals surface area (Å²) in [6, 6.07) is 5.64. The zero-order valence-electron chi connectivity index (χ0n) is 14.2. The monoisotopic (exact) mass is 334 g/mol. The third-order valence-electron chi connectivity index (χ3n) is 4.54. The maximum absolute atomic E-state index is 12.3. The average molecular weight is 334 g/mol. The summed E-state index contributed by atoms with van der Waals surface area (Å²) < 4.78 is 27.2. The molecule has 1 aliphatic carbocycles. The Morgan fingerprint density at radius 3 is 2.42 bits per heavy atom. The van der Waals surface area contributed by atoms with Crippen molar-refractivity contribution in [3.8, 4) is 11.5 Å². The molecule has 1 aromatic rings. The van der Waals surface area contributed by atoms with Gasteiger partial charge in [-0.15, -0.1) is 0 Å². The molecule has 1 saturated heterocycles. The van der Waals surface area contributed by atoms with Crippen LogP contribution in [0, 0.1) is 0 Å². The Kier molecular flexibility index (Phi) is 4.78. The van der Waals surface area contributed by atoms with Gasteiger partial charge in [0.05, 0.1) is 34.5 Å². The average Bonchev–Trinajstić information content (AvgIpc) is 3.08. The van der Waals surface area contributed by atoms with Crippen LogP contribution in [0.3, 0.4) is 0 Å². The largest absolute Gasteiger partial charge is 0.493 e. The van der Waals surface area contributed by atoms with Crippen LogP contribution in [0.25, 0.3) is 5.57 Å². The van der Waals surface area contributed by atoms with Crippen LogP contribution >= 0.6 is 0 Å². The van der Waals surface area contributed by atoms with Gasteiger partial charge in [-0.3, -0.25) is 0 Å². The highest BCUT2D eigenvalue weighted by Crippen LogP contribution is 2.43. The second-order valence-electron chi connectivity index (χ2n) is 5.80. The van der Waals surface area contributed by atoms with Gasteiger partial charge in [0.2, 0.25) is 0 Å². The fourth-order valence-corrected chi connectivity index (χ4v) is 3.34. The molecule has 0 bridgehead atoms. The van der Waals surface area contributed by atoms with Crippen molar-refractivity contribution in [2.75, 3.05) is 34.5 Å². The van der Waals surface area contributed by atoms with Gasteiger partial charge in [0, 0.05) is 18.4 Å². The Labute approximate surface area is 141 Å². The molecule has 6 heteroatoms. The molecule has 0 unspecified atom stereocenters. The lowest BCUT2D eigenvalue weighted by atomic mass is 9.83. The van der Waals surface area contributed by atoms with Crippen LogP contribution in [0.4, 0.5) is 0 Å². The smallest absolute Gasteiger partial charge is 0.334 e. The van der Waals surface area contributed by atoms with Crippen LogP contribution in [0.2, 0.25) is 0 Å². The van der Waals surface area contributed by atoms with Gasteiger partial charge in [0.1, 0.15) is 0 Å². The summed E-state index contributed by atoms with van der Waals surface area (Å²) in [6.45, 7) is 1.11. The number of ether oxygens (including phenoxy) is 5. The van der Waals surface area contributed by atoms with E-state index in [4.69, 9.17) is 23.7 Å². The van der Waals surface area contributed by atoms with Gasteiger partial charge in [-0.1, -0.05) is 6.07 Å². The number of carbonyl (C=O) groups excluding carboxylic acids is 1. The zero-order valence-corrected chi connectivity index (χ0v) is 14.2. The first-order valence-electron chi connectivity index (χ1n) is 7.93. The second kappa shape index (κ2) is 6.83. The lowest BCUT2D eigenvalue weighted by molar-refractivity contribution is -0.166. The van der Waals surface area contributed by atoms with Crippen molar-refractivity contribution in [2.24, 2.45) is 0 Å². The highest BCUT2D eigenvalue weighted by atomic mass is 16.7. The molecule has 0 saturated carbocycles. The molecule has 0 radical (unpaired) electrons. The molecule has 24 heavy (non-hydrogen) atoms. The predicted octanol–water partition coefficient (Wildman–Crippen LogP) is 2.56. The van der Waals surface area contributed by atoms with Crippen LogP contribution < -0.4 is 9.47 Å². The van der Waals surface area contributed by atoms with Crippen molar-refractivity contribution in [3.05, 3.63) is 29.3 Å². The van der Waals surface area contributed by atoms with E-state index in [0.29, 0.717) is 49.5 Å². The molecule has 0 atom stereocenters. The van der Waals surface area contributed by atoms with E-state index in [-0.39, 0.29) is 5.97 Å². The topological polar surface area (TPSA) is 63.2 Å². The van der Waals surface area contributed by atoms with E-state index in [1.54, 1.807) is 14.2 Å². The van der Waals surface area contributed by atoms with Crippen molar-refractivity contribution >= 4 is 11.5 Å². The van der Waals surface area contributed by atoms with Gasteiger partial charge >= 0.3 is 5.97 Å². The fraction of sp³-hybridized carbons (Fsp3) is 0.500. The molecule has 1 fully saturated rings. The van der Waals surface area contributed by atoms with Crippen molar-refractivity contribution in [2.45, 2.75) is 25.0 Å². The standard InChI is InChI=1S/C18H22O6/c1-20-15-5-4-12(10-16(15)21-2)13-6-7-18(23-8-9-24-18)11-14(13)17(19)22-3/h4-5,10H,6-9,11H2,1-3H3. The van der Waals surface area contributed by atoms with E-state index in [2.05, 4.69) is 0 Å². The van der Waals surface area contributed by atoms with Crippen molar-refractivity contribution in [1.82, 2.24) is 0 Å².